The highest BCUT2D eigenvalue weighted by Gasteiger charge is 2.31. The van der Waals surface area contributed by atoms with Gasteiger partial charge in [0.2, 0.25) is 5.91 Å². The fourth-order valence-electron chi connectivity index (χ4n) is 4.10. The van der Waals surface area contributed by atoms with E-state index >= 15 is 0 Å². The predicted octanol–water partition coefficient (Wildman–Crippen LogP) is 3.14. The molecule has 2 aliphatic rings. The van der Waals surface area contributed by atoms with Crippen molar-refractivity contribution in [3.63, 3.8) is 0 Å². The van der Waals surface area contributed by atoms with E-state index in [4.69, 9.17) is 9.47 Å². The van der Waals surface area contributed by atoms with Crippen molar-refractivity contribution in [2.24, 2.45) is 5.92 Å². The highest BCUT2D eigenvalue weighted by molar-refractivity contribution is 7.09. The molecule has 1 saturated heterocycles. The van der Waals surface area contributed by atoms with Crippen molar-refractivity contribution in [1.82, 2.24) is 14.8 Å². The highest BCUT2D eigenvalue weighted by Crippen LogP contribution is 2.31. The van der Waals surface area contributed by atoms with Crippen LogP contribution in [-0.2, 0) is 17.8 Å². The molecule has 4 rings (SSSR count). The Morgan fingerprint density at radius 3 is 3.00 bits per heavy atom. The number of aryl methyl sites for hydroxylation is 1. The molecule has 2 aliphatic heterocycles. The maximum Gasteiger partial charge on any atom is 0.229 e. The first-order valence-electron chi connectivity index (χ1n) is 10.4. The quantitative estimate of drug-likeness (QED) is 0.751. The number of hydrogen-bond acceptors (Lipinski definition) is 6. The van der Waals surface area contributed by atoms with Crippen molar-refractivity contribution in [3.05, 3.63) is 39.8 Å². The summed E-state index contributed by atoms with van der Waals surface area (Å²) in [7, 11) is 0. The van der Waals surface area contributed by atoms with Gasteiger partial charge in [-0.15, -0.1) is 11.3 Å². The van der Waals surface area contributed by atoms with Crippen molar-refractivity contribution < 1.29 is 14.3 Å². The summed E-state index contributed by atoms with van der Waals surface area (Å²) in [6, 6.07) is 5.89. The van der Waals surface area contributed by atoms with Gasteiger partial charge in [0.1, 0.15) is 18.1 Å². The van der Waals surface area contributed by atoms with Gasteiger partial charge in [0.05, 0.1) is 23.2 Å². The number of benzene rings is 1. The third-order valence-corrected chi connectivity index (χ3v) is 6.37. The average molecular weight is 416 g/mol. The molecule has 1 aromatic carbocycles. The summed E-state index contributed by atoms with van der Waals surface area (Å²) in [5.74, 6) is 1.81. The van der Waals surface area contributed by atoms with Crippen LogP contribution in [0, 0.1) is 12.8 Å². The third kappa shape index (κ3) is 4.90. The SMILES string of the molecule is CCOc1ccc2c(c1)CC(C(=O)N1CCCN(Cc3csc(C)n3)CC1)CO2. The predicted molar refractivity (Wildman–Crippen MR) is 114 cm³/mol. The number of hydrogen-bond donors (Lipinski definition) is 0. The number of rotatable bonds is 5. The van der Waals surface area contributed by atoms with Gasteiger partial charge in [-0.05, 0) is 50.5 Å². The highest BCUT2D eigenvalue weighted by atomic mass is 32.1. The number of carbonyl (C=O) groups excluding carboxylic acids is 1. The second-order valence-corrected chi connectivity index (χ2v) is 8.79. The summed E-state index contributed by atoms with van der Waals surface area (Å²) in [6.45, 7) is 9.44. The third-order valence-electron chi connectivity index (χ3n) is 5.55. The zero-order chi connectivity index (χ0) is 20.2. The summed E-state index contributed by atoms with van der Waals surface area (Å²) >= 11 is 1.70. The van der Waals surface area contributed by atoms with E-state index in [0.717, 1.165) is 66.9 Å². The van der Waals surface area contributed by atoms with Crippen molar-refractivity contribution >= 4 is 17.2 Å². The monoisotopic (exact) mass is 415 g/mol. The van der Waals surface area contributed by atoms with E-state index in [1.165, 1.54) is 0 Å². The Morgan fingerprint density at radius 1 is 1.31 bits per heavy atom. The Labute approximate surface area is 176 Å². The Bertz CT molecular complexity index is 854. The van der Waals surface area contributed by atoms with Crippen molar-refractivity contribution in [2.45, 2.75) is 33.2 Å². The molecule has 0 aliphatic carbocycles. The molecule has 3 heterocycles. The lowest BCUT2D eigenvalue weighted by atomic mass is 9.95. The Morgan fingerprint density at radius 2 is 2.21 bits per heavy atom. The molecule has 2 aromatic rings. The van der Waals surface area contributed by atoms with E-state index in [0.29, 0.717) is 19.6 Å². The van der Waals surface area contributed by atoms with Gasteiger partial charge in [-0.3, -0.25) is 9.69 Å². The number of aromatic nitrogens is 1. The summed E-state index contributed by atoms with van der Waals surface area (Å²) in [5.41, 5.74) is 2.20. The summed E-state index contributed by atoms with van der Waals surface area (Å²) < 4.78 is 11.5. The van der Waals surface area contributed by atoms with Crippen molar-refractivity contribution in [1.29, 1.82) is 0 Å². The van der Waals surface area contributed by atoms with E-state index in [-0.39, 0.29) is 11.8 Å². The summed E-state index contributed by atoms with van der Waals surface area (Å²) in [5, 5.41) is 3.24. The normalized spacial score (nSPS) is 19.9. The Kier molecular flexibility index (Phi) is 6.35. The molecule has 0 radical (unpaired) electrons. The van der Waals surface area contributed by atoms with Gasteiger partial charge >= 0.3 is 0 Å². The number of amides is 1. The number of carbonyl (C=O) groups is 1. The molecule has 0 saturated carbocycles. The Balaban J connectivity index is 1.35. The van der Waals surface area contributed by atoms with Crippen LogP contribution in [0.25, 0.3) is 0 Å². The number of thiazole rings is 1. The van der Waals surface area contributed by atoms with Crippen LogP contribution in [0.2, 0.25) is 0 Å². The van der Waals surface area contributed by atoms with Gasteiger partial charge in [-0.1, -0.05) is 0 Å². The van der Waals surface area contributed by atoms with Crippen LogP contribution in [0.1, 0.15) is 29.6 Å². The minimum absolute atomic E-state index is 0.118. The summed E-state index contributed by atoms with van der Waals surface area (Å²) in [6.07, 6.45) is 1.71. The molecule has 7 heteroatoms. The first kappa shape index (κ1) is 20.2. The molecule has 0 bridgehead atoms. The number of ether oxygens (including phenoxy) is 2. The lowest BCUT2D eigenvalue weighted by Gasteiger charge is -2.30. The zero-order valence-electron chi connectivity index (χ0n) is 17.2. The standard InChI is InChI=1S/C22H29N3O3S/c1-3-27-20-5-6-21-17(12-20)11-18(14-28-21)22(26)25-8-4-7-24(9-10-25)13-19-15-29-16(2)23-19/h5-6,12,15,18H,3-4,7-11,13-14H2,1-2H3. The van der Waals surface area contributed by atoms with Crippen molar-refractivity contribution in [2.75, 3.05) is 39.4 Å². The van der Waals surface area contributed by atoms with Gasteiger partial charge in [0, 0.05) is 38.1 Å². The molecule has 29 heavy (non-hydrogen) atoms. The van der Waals surface area contributed by atoms with Gasteiger partial charge in [-0.2, -0.15) is 0 Å². The second-order valence-electron chi connectivity index (χ2n) is 7.73. The molecule has 1 fully saturated rings. The smallest absolute Gasteiger partial charge is 0.229 e. The molecule has 156 valence electrons. The Hall–Kier alpha value is -2.12. The number of fused-ring (bicyclic) bond motifs is 1. The van der Waals surface area contributed by atoms with E-state index < -0.39 is 0 Å². The second kappa shape index (κ2) is 9.13. The zero-order valence-corrected chi connectivity index (χ0v) is 18.0. The van der Waals surface area contributed by atoms with Crippen LogP contribution in [0.5, 0.6) is 11.5 Å². The fourth-order valence-corrected chi connectivity index (χ4v) is 4.71. The largest absolute Gasteiger partial charge is 0.494 e. The molecular formula is C22H29N3O3S. The van der Waals surface area contributed by atoms with Gasteiger partial charge < -0.3 is 14.4 Å². The lowest BCUT2D eigenvalue weighted by Crippen LogP contribution is -2.42. The van der Waals surface area contributed by atoms with Gasteiger partial charge in [-0.25, -0.2) is 4.98 Å². The maximum atomic E-state index is 13.2. The van der Waals surface area contributed by atoms with Crippen LogP contribution < -0.4 is 9.47 Å². The average Bonchev–Trinajstić information content (AvgIpc) is 2.99. The van der Waals surface area contributed by atoms with E-state index in [1.54, 1.807) is 11.3 Å². The minimum atomic E-state index is -0.118. The molecule has 0 N–H and O–H groups in total. The summed E-state index contributed by atoms with van der Waals surface area (Å²) in [4.78, 5) is 22.2. The molecular weight excluding hydrogens is 386 g/mol. The first-order chi connectivity index (χ1) is 14.1. The number of nitrogens with zero attached hydrogens (tertiary/aromatic N) is 3. The van der Waals surface area contributed by atoms with Crippen LogP contribution in [0.4, 0.5) is 0 Å². The van der Waals surface area contributed by atoms with Crippen LogP contribution in [0.15, 0.2) is 23.6 Å². The van der Waals surface area contributed by atoms with Crippen LogP contribution in [0.3, 0.4) is 0 Å². The van der Waals surface area contributed by atoms with E-state index in [9.17, 15) is 4.79 Å². The van der Waals surface area contributed by atoms with Crippen molar-refractivity contribution in [3.8, 4) is 11.5 Å². The molecule has 1 unspecified atom stereocenters. The lowest BCUT2D eigenvalue weighted by molar-refractivity contribution is -0.136. The van der Waals surface area contributed by atoms with E-state index in [2.05, 4.69) is 15.3 Å². The molecule has 1 amide bonds. The minimum Gasteiger partial charge on any atom is -0.494 e. The molecule has 6 nitrogen and oxygen atoms in total. The molecule has 1 atom stereocenters. The molecule has 0 spiro atoms. The van der Waals surface area contributed by atoms with Gasteiger partial charge in [0.15, 0.2) is 0 Å². The van der Waals surface area contributed by atoms with Crippen LogP contribution in [-0.4, -0.2) is 60.1 Å². The fraction of sp³-hybridized carbons (Fsp3) is 0.545. The van der Waals surface area contributed by atoms with Crippen LogP contribution >= 0.6 is 11.3 Å². The van der Waals surface area contributed by atoms with Gasteiger partial charge in [0.25, 0.3) is 0 Å². The topological polar surface area (TPSA) is 54.9 Å². The molecule has 1 aromatic heterocycles. The van der Waals surface area contributed by atoms with E-state index in [1.807, 2.05) is 36.9 Å². The maximum absolute atomic E-state index is 13.2. The first-order valence-corrected chi connectivity index (χ1v) is 11.3.